The van der Waals surface area contributed by atoms with E-state index >= 15 is 0 Å². The highest BCUT2D eigenvalue weighted by molar-refractivity contribution is 7.89. The Labute approximate surface area is 96.9 Å². The highest BCUT2D eigenvalue weighted by atomic mass is 32.2. The Balaban J connectivity index is 2.93. The average molecular weight is 242 g/mol. The zero-order valence-electron chi connectivity index (χ0n) is 9.66. The molecule has 0 spiro atoms. The molecule has 0 bridgehead atoms. The number of hydrogen-bond acceptors (Lipinski definition) is 3. The summed E-state index contributed by atoms with van der Waals surface area (Å²) in [6, 6.07) is 4.99. The van der Waals surface area contributed by atoms with Gasteiger partial charge in [0, 0.05) is 6.54 Å². The smallest absolute Gasteiger partial charge is 0.242 e. The molecule has 0 saturated carbocycles. The molecule has 4 nitrogen and oxygen atoms in total. The lowest BCUT2D eigenvalue weighted by Crippen LogP contribution is -2.25. The largest absolute Gasteiger partial charge is 0.398 e. The Bertz CT molecular complexity index is 455. The third kappa shape index (κ3) is 3.21. The van der Waals surface area contributed by atoms with Gasteiger partial charge in [0.05, 0.1) is 5.69 Å². The van der Waals surface area contributed by atoms with Crippen molar-refractivity contribution in [2.45, 2.75) is 31.6 Å². The molecule has 0 amide bonds. The highest BCUT2D eigenvalue weighted by Gasteiger charge is 2.16. The van der Waals surface area contributed by atoms with Crippen LogP contribution in [0.15, 0.2) is 23.1 Å². The molecule has 0 aliphatic rings. The van der Waals surface area contributed by atoms with Crippen LogP contribution in [0.1, 0.15) is 25.3 Å². The van der Waals surface area contributed by atoms with Gasteiger partial charge >= 0.3 is 0 Å². The maximum absolute atomic E-state index is 11.9. The summed E-state index contributed by atoms with van der Waals surface area (Å²) in [7, 11) is -3.46. The van der Waals surface area contributed by atoms with Gasteiger partial charge in [0.2, 0.25) is 10.0 Å². The van der Waals surface area contributed by atoms with E-state index in [-0.39, 0.29) is 10.6 Å². The fraction of sp³-hybridized carbons (Fsp3) is 0.455. The molecule has 1 aromatic rings. The number of nitrogens with two attached hydrogens (primary N) is 1. The van der Waals surface area contributed by atoms with Gasteiger partial charge in [-0.1, -0.05) is 19.4 Å². The fourth-order valence-electron chi connectivity index (χ4n) is 1.34. The molecule has 90 valence electrons. The number of rotatable bonds is 5. The summed E-state index contributed by atoms with van der Waals surface area (Å²) in [5.74, 6) is 0. The molecule has 0 aromatic heterocycles. The molecular weight excluding hydrogens is 224 g/mol. The van der Waals surface area contributed by atoms with Crippen molar-refractivity contribution in [2.75, 3.05) is 12.3 Å². The fourth-order valence-corrected chi connectivity index (χ4v) is 2.62. The first-order chi connectivity index (χ1) is 7.47. The van der Waals surface area contributed by atoms with Crippen molar-refractivity contribution in [2.24, 2.45) is 0 Å². The molecule has 0 fully saturated rings. The molecule has 0 radical (unpaired) electrons. The van der Waals surface area contributed by atoms with Gasteiger partial charge in [0.1, 0.15) is 4.90 Å². The number of nitrogen functional groups attached to an aromatic ring is 1. The summed E-state index contributed by atoms with van der Waals surface area (Å²) in [5, 5.41) is 0. The van der Waals surface area contributed by atoms with E-state index in [0.29, 0.717) is 6.54 Å². The van der Waals surface area contributed by atoms with Gasteiger partial charge in [-0.25, -0.2) is 13.1 Å². The van der Waals surface area contributed by atoms with Crippen LogP contribution < -0.4 is 10.5 Å². The zero-order valence-corrected chi connectivity index (χ0v) is 10.5. The Kier molecular flexibility index (Phi) is 4.32. The van der Waals surface area contributed by atoms with Crippen LogP contribution in [0.4, 0.5) is 5.69 Å². The van der Waals surface area contributed by atoms with Gasteiger partial charge in [-0.3, -0.25) is 0 Å². The Morgan fingerprint density at radius 2 is 2.06 bits per heavy atom. The molecular formula is C11H18N2O2S. The molecule has 0 aliphatic heterocycles. The zero-order chi connectivity index (χ0) is 12.2. The van der Waals surface area contributed by atoms with Crippen LogP contribution in [-0.2, 0) is 10.0 Å². The first kappa shape index (κ1) is 13.0. The monoisotopic (exact) mass is 242 g/mol. The van der Waals surface area contributed by atoms with E-state index in [1.807, 2.05) is 13.8 Å². The number of aryl methyl sites for hydroxylation is 1. The van der Waals surface area contributed by atoms with E-state index in [0.717, 1.165) is 18.4 Å². The molecule has 5 heteroatoms. The van der Waals surface area contributed by atoms with Crippen LogP contribution >= 0.6 is 0 Å². The number of anilines is 1. The topological polar surface area (TPSA) is 72.2 Å². The summed E-state index contributed by atoms with van der Waals surface area (Å²) >= 11 is 0. The second-order valence-electron chi connectivity index (χ2n) is 3.79. The predicted molar refractivity (Wildman–Crippen MR) is 65.7 cm³/mol. The van der Waals surface area contributed by atoms with Crippen molar-refractivity contribution in [1.82, 2.24) is 4.72 Å². The minimum absolute atomic E-state index is 0.170. The number of sulfonamides is 1. The van der Waals surface area contributed by atoms with Crippen molar-refractivity contribution in [1.29, 1.82) is 0 Å². The second kappa shape index (κ2) is 5.32. The van der Waals surface area contributed by atoms with E-state index < -0.39 is 10.0 Å². The van der Waals surface area contributed by atoms with Gasteiger partial charge < -0.3 is 5.73 Å². The third-order valence-electron chi connectivity index (χ3n) is 2.28. The number of unbranched alkanes of at least 4 members (excludes halogenated alkanes) is 1. The lowest BCUT2D eigenvalue weighted by atomic mass is 10.2. The van der Waals surface area contributed by atoms with E-state index in [9.17, 15) is 8.42 Å². The van der Waals surface area contributed by atoms with Gasteiger partial charge in [-0.2, -0.15) is 0 Å². The number of hydrogen-bond donors (Lipinski definition) is 2. The first-order valence-corrected chi connectivity index (χ1v) is 6.81. The summed E-state index contributed by atoms with van der Waals surface area (Å²) in [6.07, 6.45) is 1.77. The van der Waals surface area contributed by atoms with Crippen molar-refractivity contribution in [3.8, 4) is 0 Å². The van der Waals surface area contributed by atoms with E-state index in [4.69, 9.17) is 5.73 Å². The van der Waals surface area contributed by atoms with Crippen LogP contribution in [0.25, 0.3) is 0 Å². The summed E-state index contributed by atoms with van der Waals surface area (Å²) in [5.41, 5.74) is 6.83. The van der Waals surface area contributed by atoms with E-state index in [1.54, 1.807) is 18.2 Å². The van der Waals surface area contributed by atoms with Crippen LogP contribution in [0.2, 0.25) is 0 Å². The molecule has 1 rings (SSSR count). The summed E-state index contributed by atoms with van der Waals surface area (Å²) in [6.45, 7) is 4.30. The standard InChI is InChI=1S/C11H18N2O2S/c1-3-4-7-13-16(14,15)11-8-9(2)5-6-10(11)12/h5-6,8,13H,3-4,7,12H2,1-2H3. The number of nitrogens with one attached hydrogen (secondary N) is 1. The SMILES string of the molecule is CCCCNS(=O)(=O)c1cc(C)ccc1N. The molecule has 16 heavy (non-hydrogen) atoms. The van der Waals surface area contributed by atoms with E-state index in [2.05, 4.69) is 4.72 Å². The van der Waals surface area contributed by atoms with Crippen LogP contribution in [-0.4, -0.2) is 15.0 Å². The van der Waals surface area contributed by atoms with Crippen LogP contribution in [0.3, 0.4) is 0 Å². The van der Waals surface area contributed by atoms with Crippen LogP contribution in [0, 0.1) is 6.92 Å². The number of benzene rings is 1. The quantitative estimate of drug-likeness (QED) is 0.609. The van der Waals surface area contributed by atoms with Gasteiger partial charge in [0.25, 0.3) is 0 Å². The lowest BCUT2D eigenvalue weighted by Gasteiger charge is -2.09. The molecule has 3 N–H and O–H groups in total. The predicted octanol–water partition coefficient (Wildman–Crippen LogP) is 1.66. The van der Waals surface area contributed by atoms with Crippen LogP contribution in [0.5, 0.6) is 0 Å². The highest BCUT2D eigenvalue weighted by Crippen LogP contribution is 2.19. The Morgan fingerprint density at radius 3 is 2.69 bits per heavy atom. The molecule has 0 saturated heterocycles. The average Bonchev–Trinajstić information content (AvgIpc) is 2.22. The molecule has 0 aliphatic carbocycles. The second-order valence-corrected chi connectivity index (χ2v) is 5.53. The van der Waals surface area contributed by atoms with Crippen molar-refractivity contribution >= 4 is 15.7 Å². The summed E-state index contributed by atoms with van der Waals surface area (Å²) < 4.78 is 26.3. The van der Waals surface area contributed by atoms with Gasteiger partial charge in [0.15, 0.2) is 0 Å². The minimum atomic E-state index is -3.46. The Morgan fingerprint density at radius 1 is 1.38 bits per heavy atom. The third-order valence-corrected chi connectivity index (χ3v) is 3.80. The summed E-state index contributed by atoms with van der Waals surface area (Å²) in [4.78, 5) is 0.170. The minimum Gasteiger partial charge on any atom is -0.398 e. The molecule has 1 aromatic carbocycles. The van der Waals surface area contributed by atoms with Gasteiger partial charge in [-0.15, -0.1) is 0 Å². The first-order valence-electron chi connectivity index (χ1n) is 5.33. The van der Waals surface area contributed by atoms with Gasteiger partial charge in [-0.05, 0) is 31.0 Å². The van der Waals surface area contributed by atoms with Crippen molar-refractivity contribution < 1.29 is 8.42 Å². The maximum atomic E-state index is 11.9. The van der Waals surface area contributed by atoms with Crippen molar-refractivity contribution in [3.63, 3.8) is 0 Å². The Hall–Kier alpha value is -1.07. The van der Waals surface area contributed by atoms with E-state index in [1.165, 1.54) is 0 Å². The maximum Gasteiger partial charge on any atom is 0.242 e. The molecule has 0 atom stereocenters. The molecule has 0 heterocycles. The molecule has 0 unspecified atom stereocenters. The van der Waals surface area contributed by atoms with Crippen molar-refractivity contribution in [3.05, 3.63) is 23.8 Å². The normalized spacial score (nSPS) is 11.6. The lowest BCUT2D eigenvalue weighted by molar-refractivity contribution is 0.578.